The maximum atomic E-state index is 12.8. The third-order valence-electron chi connectivity index (χ3n) is 5.25. The molecule has 3 aromatic carbocycles. The zero-order chi connectivity index (χ0) is 20.9. The number of hydrogen-bond acceptors (Lipinski definition) is 3. The van der Waals surface area contributed by atoms with Gasteiger partial charge in [0, 0.05) is 29.2 Å². The van der Waals surface area contributed by atoms with Gasteiger partial charge in [0.2, 0.25) is 0 Å². The van der Waals surface area contributed by atoms with Gasteiger partial charge in [-0.2, -0.15) is 5.10 Å². The van der Waals surface area contributed by atoms with Crippen molar-refractivity contribution in [2.45, 2.75) is 26.3 Å². The molecule has 0 aliphatic carbocycles. The van der Waals surface area contributed by atoms with Crippen LogP contribution >= 0.6 is 0 Å². The van der Waals surface area contributed by atoms with E-state index in [4.69, 9.17) is 4.74 Å². The summed E-state index contributed by atoms with van der Waals surface area (Å²) in [5.41, 5.74) is 5.26. The first-order valence-corrected chi connectivity index (χ1v) is 10.2. The predicted molar refractivity (Wildman–Crippen MR) is 122 cm³/mol. The number of para-hydroxylation sites is 1. The number of aromatic nitrogens is 1. The summed E-state index contributed by atoms with van der Waals surface area (Å²) in [6, 6.07) is 19.8. The zero-order valence-electron chi connectivity index (χ0n) is 17.3. The van der Waals surface area contributed by atoms with Gasteiger partial charge in [-0.1, -0.05) is 55.8 Å². The average Bonchev–Trinajstić information content (AvgIpc) is 3.14. The van der Waals surface area contributed by atoms with E-state index < -0.39 is 0 Å². The van der Waals surface area contributed by atoms with Crippen molar-refractivity contribution >= 4 is 33.8 Å². The highest BCUT2D eigenvalue weighted by atomic mass is 16.5. The van der Waals surface area contributed by atoms with Crippen LogP contribution in [0.25, 0.3) is 21.7 Å². The van der Waals surface area contributed by atoms with E-state index in [0.29, 0.717) is 11.3 Å². The van der Waals surface area contributed by atoms with E-state index in [1.165, 1.54) is 5.52 Å². The third kappa shape index (κ3) is 3.92. The molecule has 0 unspecified atom stereocenters. The quantitative estimate of drug-likeness (QED) is 0.336. The van der Waals surface area contributed by atoms with Gasteiger partial charge in [0.25, 0.3) is 5.91 Å². The van der Waals surface area contributed by atoms with Gasteiger partial charge in [0.1, 0.15) is 5.75 Å². The first-order valence-electron chi connectivity index (χ1n) is 10.2. The van der Waals surface area contributed by atoms with Crippen LogP contribution in [0.2, 0.25) is 0 Å². The molecule has 0 atom stereocenters. The lowest BCUT2D eigenvalue weighted by Gasteiger charge is -2.09. The second kappa shape index (κ2) is 8.82. The second-order valence-electron chi connectivity index (χ2n) is 7.25. The maximum absolute atomic E-state index is 12.8. The Morgan fingerprint density at radius 2 is 1.83 bits per heavy atom. The lowest BCUT2D eigenvalue weighted by molar-refractivity contribution is 0.0952. The molecule has 0 saturated carbocycles. The Morgan fingerprint density at radius 1 is 1.10 bits per heavy atom. The maximum Gasteiger partial charge on any atom is 0.275 e. The number of unbranched alkanes of at least 4 members (excludes halogenated alkanes) is 1. The number of carbonyl (C=O) groups is 1. The lowest BCUT2D eigenvalue weighted by atomic mass is 10.1. The number of rotatable bonds is 7. The number of ether oxygens (including phenoxy) is 1. The summed E-state index contributed by atoms with van der Waals surface area (Å²) in [5.74, 6) is 0.223. The molecule has 0 saturated heterocycles. The molecule has 0 bridgehead atoms. The van der Waals surface area contributed by atoms with Crippen LogP contribution < -0.4 is 10.2 Å². The van der Waals surface area contributed by atoms with Crippen molar-refractivity contribution in [1.29, 1.82) is 0 Å². The Kier molecular flexibility index (Phi) is 5.80. The number of hydrazone groups is 1. The van der Waals surface area contributed by atoms with Crippen molar-refractivity contribution in [2.75, 3.05) is 7.11 Å². The average molecular weight is 399 g/mol. The van der Waals surface area contributed by atoms with E-state index >= 15 is 0 Å². The molecule has 30 heavy (non-hydrogen) atoms. The summed E-state index contributed by atoms with van der Waals surface area (Å²) in [6.45, 7) is 3.15. The van der Waals surface area contributed by atoms with Gasteiger partial charge in [-0.15, -0.1) is 0 Å². The van der Waals surface area contributed by atoms with Crippen LogP contribution in [0, 0.1) is 0 Å². The smallest absolute Gasteiger partial charge is 0.275 e. The highest BCUT2D eigenvalue weighted by Gasteiger charge is 2.13. The van der Waals surface area contributed by atoms with Gasteiger partial charge in [0.05, 0.1) is 18.9 Å². The number of methoxy groups -OCH3 is 1. The second-order valence-corrected chi connectivity index (χ2v) is 7.25. The molecule has 1 N–H and O–H groups in total. The Labute approximate surface area is 176 Å². The largest absolute Gasteiger partial charge is 0.496 e. The fourth-order valence-electron chi connectivity index (χ4n) is 3.68. The molecule has 4 rings (SSSR count). The van der Waals surface area contributed by atoms with E-state index in [2.05, 4.69) is 40.3 Å². The normalized spacial score (nSPS) is 11.4. The van der Waals surface area contributed by atoms with Crippen LogP contribution in [0.4, 0.5) is 0 Å². The standard InChI is InChI=1S/C25H25N3O2/c1-3-4-13-28-17-20(21-11-7-8-12-23(21)28)16-26-27-25(29)22-14-18-9-5-6-10-19(18)15-24(22)30-2/h5-12,14-17H,3-4,13H2,1-2H3,(H,27,29). The summed E-state index contributed by atoms with van der Waals surface area (Å²) in [6.07, 6.45) is 6.05. The van der Waals surface area contributed by atoms with Crippen molar-refractivity contribution in [3.05, 3.63) is 78.0 Å². The third-order valence-corrected chi connectivity index (χ3v) is 5.25. The molecule has 5 nitrogen and oxygen atoms in total. The van der Waals surface area contributed by atoms with Crippen LogP contribution in [-0.4, -0.2) is 23.8 Å². The van der Waals surface area contributed by atoms with Crippen molar-refractivity contribution in [3.8, 4) is 5.75 Å². The van der Waals surface area contributed by atoms with Crippen molar-refractivity contribution in [3.63, 3.8) is 0 Å². The van der Waals surface area contributed by atoms with Gasteiger partial charge in [-0.3, -0.25) is 4.79 Å². The van der Waals surface area contributed by atoms with Crippen LogP contribution in [0.15, 0.2) is 72.0 Å². The molecule has 152 valence electrons. The molecule has 0 fully saturated rings. The molecule has 4 aromatic rings. The number of nitrogens with one attached hydrogen (secondary N) is 1. The number of aryl methyl sites for hydroxylation is 1. The fourth-order valence-corrected chi connectivity index (χ4v) is 3.68. The summed E-state index contributed by atoms with van der Waals surface area (Å²) in [5, 5.41) is 7.34. The first kappa shape index (κ1) is 19.7. The van der Waals surface area contributed by atoms with Crippen LogP contribution in [-0.2, 0) is 6.54 Å². The Balaban J connectivity index is 1.58. The summed E-state index contributed by atoms with van der Waals surface area (Å²) >= 11 is 0. The number of hydrogen-bond donors (Lipinski definition) is 1. The molecular weight excluding hydrogens is 374 g/mol. The highest BCUT2D eigenvalue weighted by Crippen LogP contribution is 2.26. The fraction of sp³-hybridized carbons (Fsp3) is 0.200. The van der Waals surface area contributed by atoms with Gasteiger partial charge in [-0.25, -0.2) is 5.43 Å². The molecule has 0 spiro atoms. The molecule has 0 aliphatic rings. The molecule has 0 aliphatic heterocycles. The molecule has 5 heteroatoms. The van der Waals surface area contributed by atoms with E-state index in [1.54, 1.807) is 13.3 Å². The van der Waals surface area contributed by atoms with Gasteiger partial charge < -0.3 is 9.30 Å². The predicted octanol–water partition coefficient (Wildman–Crippen LogP) is 5.37. The summed E-state index contributed by atoms with van der Waals surface area (Å²) in [4.78, 5) is 12.8. The molecule has 1 heterocycles. The number of benzene rings is 3. The minimum absolute atomic E-state index is 0.302. The Bertz CT molecular complexity index is 1220. The van der Waals surface area contributed by atoms with Gasteiger partial charge in [0.15, 0.2) is 0 Å². The number of carbonyl (C=O) groups excluding carboxylic acids is 1. The molecule has 1 aromatic heterocycles. The topological polar surface area (TPSA) is 55.6 Å². The van der Waals surface area contributed by atoms with E-state index in [-0.39, 0.29) is 5.91 Å². The Morgan fingerprint density at radius 3 is 2.60 bits per heavy atom. The highest BCUT2D eigenvalue weighted by molar-refractivity contribution is 6.03. The SMILES string of the molecule is CCCCn1cc(C=NNC(=O)c2cc3ccccc3cc2OC)c2ccccc21. The Hall–Kier alpha value is -3.60. The van der Waals surface area contributed by atoms with Crippen LogP contribution in [0.5, 0.6) is 5.75 Å². The first-order chi connectivity index (χ1) is 14.7. The zero-order valence-corrected chi connectivity index (χ0v) is 17.3. The summed E-state index contributed by atoms with van der Waals surface area (Å²) in [7, 11) is 1.56. The van der Waals surface area contributed by atoms with Crippen molar-refractivity contribution in [1.82, 2.24) is 9.99 Å². The van der Waals surface area contributed by atoms with Gasteiger partial charge >= 0.3 is 0 Å². The minimum atomic E-state index is -0.302. The van der Waals surface area contributed by atoms with Crippen LogP contribution in [0.3, 0.4) is 0 Å². The van der Waals surface area contributed by atoms with Gasteiger partial charge in [-0.05, 0) is 35.4 Å². The van der Waals surface area contributed by atoms with Crippen LogP contribution in [0.1, 0.15) is 35.7 Å². The number of amides is 1. The molecule has 1 amide bonds. The number of nitrogens with zero attached hydrogens (tertiary/aromatic N) is 2. The minimum Gasteiger partial charge on any atom is -0.496 e. The molecule has 0 radical (unpaired) electrons. The van der Waals surface area contributed by atoms with E-state index in [1.807, 2.05) is 48.5 Å². The number of fused-ring (bicyclic) bond motifs is 2. The van der Waals surface area contributed by atoms with Crippen molar-refractivity contribution < 1.29 is 9.53 Å². The molecular formula is C25H25N3O2. The monoisotopic (exact) mass is 399 g/mol. The van der Waals surface area contributed by atoms with E-state index in [9.17, 15) is 4.79 Å². The van der Waals surface area contributed by atoms with Crippen molar-refractivity contribution in [2.24, 2.45) is 5.10 Å². The lowest BCUT2D eigenvalue weighted by Crippen LogP contribution is -2.18. The summed E-state index contributed by atoms with van der Waals surface area (Å²) < 4.78 is 7.67. The van der Waals surface area contributed by atoms with E-state index in [0.717, 1.165) is 41.1 Å².